The molecule has 9 nitrogen and oxygen atoms in total. The van der Waals surface area contributed by atoms with Gasteiger partial charge in [-0.2, -0.15) is 0 Å². The van der Waals surface area contributed by atoms with Gasteiger partial charge in [-0.3, -0.25) is 15.0 Å². The van der Waals surface area contributed by atoms with Gasteiger partial charge in [-0.15, -0.1) is 0 Å². The van der Waals surface area contributed by atoms with E-state index in [1.165, 1.54) is 6.07 Å². The number of carbonyl (C=O) groups is 3. The Balaban J connectivity index is 1.39. The first kappa shape index (κ1) is 20.2. The SMILES string of the molecule is CC(CN1CCCC1=O)NC(=O)NNC(=O)c1ccc(COc2ccccc2)o1. The summed E-state index contributed by atoms with van der Waals surface area (Å²) in [6, 6.07) is 11.6. The second kappa shape index (κ2) is 9.63. The van der Waals surface area contributed by atoms with Gasteiger partial charge in [0.2, 0.25) is 5.91 Å². The Morgan fingerprint density at radius 1 is 1.17 bits per heavy atom. The van der Waals surface area contributed by atoms with Crippen LogP contribution in [0.4, 0.5) is 4.79 Å². The van der Waals surface area contributed by atoms with Crippen molar-refractivity contribution in [3.05, 3.63) is 54.0 Å². The Hall–Kier alpha value is -3.49. The van der Waals surface area contributed by atoms with E-state index >= 15 is 0 Å². The third-order valence-electron chi connectivity index (χ3n) is 4.34. The van der Waals surface area contributed by atoms with Gasteiger partial charge in [-0.05, 0) is 37.6 Å². The maximum absolute atomic E-state index is 12.1. The van der Waals surface area contributed by atoms with E-state index in [1.54, 1.807) is 17.9 Å². The minimum atomic E-state index is -0.589. The number of furan rings is 1. The molecule has 0 spiro atoms. The van der Waals surface area contributed by atoms with Crippen LogP contribution in [-0.4, -0.2) is 41.9 Å². The quantitative estimate of drug-likeness (QED) is 0.614. The highest BCUT2D eigenvalue weighted by Crippen LogP contribution is 2.14. The molecular formula is C20H24N4O5. The van der Waals surface area contributed by atoms with Crippen LogP contribution in [0.1, 0.15) is 36.1 Å². The Labute approximate surface area is 168 Å². The number of likely N-dealkylation sites (tertiary alicyclic amines) is 1. The first-order valence-electron chi connectivity index (χ1n) is 9.42. The molecule has 4 amide bonds. The van der Waals surface area contributed by atoms with Crippen molar-refractivity contribution >= 4 is 17.8 Å². The van der Waals surface area contributed by atoms with Gasteiger partial charge in [0.15, 0.2) is 5.76 Å². The van der Waals surface area contributed by atoms with E-state index in [2.05, 4.69) is 16.2 Å². The number of nitrogens with zero attached hydrogens (tertiary/aromatic N) is 1. The molecule has 29 heavy (non-hydrogen) atoms. The van der Waals surface area contributed by atoms with Gasteiger partial charge < -0.3 is 19.4 Å². The number of benzene rings is 1. The molecule has 1 aliphatic rings. The number of hydrogen-bond acceptors (Lipinski definition) is 5. The zero-order valence-electron chi connectivity index (χ0n) is 16.1. The van der Waals surface area contributed by atoms with Gasteiger partial charge in [0.25, 0.3) is 0 Å². The van der Waals surface area contributed by atoms with Crippen molar-refractivity contribution in [2.75, 3.05) is 13.1 Å². The van der Waals surface area contributed by atoms with Crippen molar-refractivity contribution in [3.8, 4) is 5.75 Å². The zero-order chi connectivity index (χ0) is 20.6. The summed E-state index contributed by atoms with van der Waals surface area (Å²) in [5, 5.41) is 2.67. The van der Waals surface area contributed by atoms with Crippen LogP contribution in [0.25, 0.3) is 0 Å². The molecule has 1 aromatic heterocycles. The molecule has 3 N–H and O–H groups in total. The lowest BCUT2D eigenvalue weighted by atomic mass is 10.3. The third kappa shape index (κ3) is 6.00. The minimum Gasteiger partial charge on any atom is -0.486 e. The molecule has 154 valence electrons. The van der Waals surface area contributed by atoms with Gasteiger partial charge in [0, 0.05) is 25.6 Å². The highest BCUT2D eigenvalue weighted by molar-refractivity contribution is 5.92. The number of rotatable bonds is 7. The van der Waals surface area contributed by atoms with E-state index < -0.39 is 11.9 Å². The van der Waals surface area contributed by atoms with Crippen LogP contribution in [-0.2, 0) is 11.4 Å². The highest BCUT2D eigenvalue weighted by atomic mass is 16.5. The predicted octanol–water partition coefficient (Wildman–Crippen LogP) is 1.81. The topological polar surface area (TPSA) is 113 Å². The smallest absolute Gasteiger partial charge is 0.333 e. The highest BCUT2D eigenvalue weighted by Gasteiger charge is 2.22. The van der Waals surface area contributed by atoms with Crippen molar-refractivity contribution in [3.63, 3.8) is 0 Å². The number of nitrogens with one attached hydrogen (secondary N) is 3. The molecule has 0 saturated carbocycles. The van der Waals surface area contributed by atoms with E-state index in [0.717, 1.165) is 6.42 Å². The summed E-state index contributed by atoms with van der Waals surface area (Å²) in [6.45, 7) is 3.11. The number of carbonyl (C=O) groups excluding carboxylic acids is 3. The van der Waals surface area contributed by atoms with E-state index in [1.807, 2.05) is 30.3 Å². The normalized spacial score (nSPS) is 14.4. The first-order valence-corrected chi connectivity index (χ1v) is 9.42. The lowest BCUT2D eigenvalue weighted by molar-refractivity contribution is -0.127. The van der Waals surface area contributed by atoms with Crippen molar-refractivity contribution in [1.29, 1.82) is 0 Å². The monoisotopic (exact) mass is 400 g/mol. The van der Waals surface area contributed by atoms with Crippen LogP contribution in [0, 0.1) is 0 Å². The molecule has 0 radical (unpaired) electrons. The van der Waals surface area contributed by atoms with Crippen LogP contribution in [0.5, 0.6) is 5.75 Å². The standard InChI is InChI=1S/C20H24N4O5/c1-14(12-24-11-5-8-18(24)25)21-20(27)23-22-19(26)17-10-9-16(29-17)13-28-15-6-3-2-4-7-15/h2-4,6-7,9-10,14H,5,8,11-13H2,1H3,(H,22,26)(H2,21,23,27). The molecule has 1 saturated heterocycles. The lowest BCUT2D eigenvalue weighted by Crippen LogP contribution is -2.51. The van der Waals surface area contributed by atoms with Crippen molar-refractivity contribution < 1.29 is 23.5 Å². The number of para-hydroxylation sites is 1. The Morgan fingerprint density at radius 2 is 1.97 bits per heavy atom. The average molecular weight is 400 g/mol. The van der Waals surface area contributed by atoms with Crippen LogP contribution < -0.4 is 20.9 Å². The summed E-state index contributed by atoms with van der Waals surface area (Å²) in [5.41, 5.74) is 4.55. The molecule has 1 aromatic carbocycles. The first-order chi connectivity index (χ1) is 14.0. The zero-order valence-corrected chi connectivity index (χ0v) is 16.1. The fourth-order valence-electron chi connectivity index (χ4n) is 2.96. The number of amides is 4. The molecule has 3 rings (SSSR count). The van der Waals surface area contributed by atoms with Crippen molar-refractivity contribution in [1.82, 2.24) is 21.1 Å². The number of ether oxygens (including phenoxy) is 1. The Morgan fingerprint density at radius 3 is 2.69 bits per heavy atom. The maximum Gasteiger partial charge on any atom is 0.333 e. The summed E-state index contributed by atoms with van der Waals surface area (Å²) in [4.78, 5) is 37.4. The summed E-state index contributed by atoms with van der Waals surface area (Å²) in [5.74, 6) is 0.726. The van der Waals surface area contributed by atoms with Crippen LogP contribution in [0.15, 0.2) is 46.9 Å². The number of hydrazine groups is 1. The summed E-state index contributed by atoms with van der Waals surface area (Å²) in [6.07, 6.45) is 1.39. The number of urea groups is 1. The molecule has 1 fully saturated rings. The summed E-state index contributed by atoms with van der Waals surface area (Å²) >= 11 is 0. The molecule has 0 aliphatic carbocycles. The summed E-state index contributed by atoms with van der Waals surface area (Å²) < 4.78 is 11.0. The second-order valence-corrected chi connectivity index (χ2v) is 6.76. The van der Waals surface area contributed by atoms with Crippen molar-refractivity contribution in [2.45, 2.75) is 32.4 Å². The van der Waals surface area contributed by atoms with Gasteiger partial charge in [-0.1, -0.05) is 18.2 Å². The van der Waals surface area contributed by atoms with Crippen LogP contribution in [0.2, 0.25) is 0 Å². The number of hydrogen-bond donors (Lipinski definition) is 3. The van der Waals surface area contributed by atoms with E-state index in [-0.39, 0.29) is 24.3 Å². The molecule has 2 heterocycles. The van der Waals surface area contributed by atoms with E-state index in [9.17, 15) is 14.4 Å². The fraction of sp³-hybridized carbons (Fsp3) is 0.350. The largest absolute Gasteiger partial charge is 0.486 e. The average Bonchev–Trinajstić information content (AvgIpc) is 3.35. The maximum atomic E-state index is 12.1. The van der Waals surface area contributed by atoms with Gasteiger partial charge >= 0.3 is 11.9 Å². The second-order valence-electron chi connectivity index (χ2n) is 6.76. The van der Waals surface area contributed by atoms with Gasteiger partial charge in [-0.25, -0.2) is 10.2 Å². The van der Waals surface area contributed by atoms with Gasteiger partial charge in [0.1, 0.15) is 18.1 Å². The molecule has 1 unspecified atom stereocenters. The minimum absolute atomic E-state index is 0.0488. The molecule has 9 heteroatoms. The van der Waals surface area contributed by atoms with E-state index in [4.69, 9.17) is 9.15 Å². The van der Waals surface area contributed by atoms with Gasteiger partial charge in [0.05, 0.1) is 0 Å². The summed E-state index contributed by atoms with van der Waals surface area (Å²) in [7, 11) is 0. The molecular weight excluding hydrogens is 376 g/mol. The molecule has 2 aromatic rings. The van der Waals surface area contributed by atoms with E-state index in [0.29, 0.717) is 31.0 Å². The van der Waals surface area contributed by atoms with Crippen LogP contribution >= 0.6 is 0 Å². The van der Waals surface area contributed by atoms with Crippen LogP contribution in [0.3, 0.4) is 0 Å². The Kier molecular flexibility index (Phi) is 6.72. The Bertz CT molecular complexity index is 852. The molecule has 1 aliphatic heterocycles. The molecule has 1 atom stereocenters. The third-order valence-corrected chi connectivity index (χ3v) is 4.34. The van der Waals surface area contributed by atoms with Crippen molar-refractivity contribution in [2.24, 2.45) is 0 Å². The predicted molar refractivity (Wildman–Crippen MR) is 104 cm³/mol. The molecule has 0 bridgehead atoms. The lowest BCUT2D eigenvalue weighted by Gasteiger charge is -2.21. The fourth-order valence-corrected chi connectivity index (χ4v) is 2.96.